The van der Waals surface area contributed by atoms with Crippen molar-refractivity contribution in [3.8, 4) is 16.3 Å². The van der Waals surface area contributed by atoms with Crippen LogP contribution in [-0.4, -0.2) is 23.4 Å². The lowest BCUT2D eigenvalue weighted by Crippen LogP contribution is -2.20. The summed E-state index contributed by atoms with van der Waals surface area (Å²) in [5.74, 6) is -0.988. The summed E-state index contributed by atoms with van der Waals surface area (Å²) in [6.07, 6.45) is 0. The van der Waals surface area contributed by atoms with Gasteiger partial charge in [-0.25, -0.2) is 9.37 Å². The first kappa shape index (κ1) is 20.0. The minimum Gasteiger partial charge on any atom is -0.481 e. The van der Waals surface area contributed by atoms with E-state index in [9.17, 15) is 14.0 Å². The lowest BCUT2D eigenvalue weighted by atomic mass is 10.3. The molecule has 28 heavy (non-hydrogen) atoms. The molecule has 0 aliphatic rings. The topological polar surface area (TPSA) is 80.3 Å². The second-order valence-electron chi connectivity index (χ2n) is 5.87. The Morgan fingerprint density at radius 1 is 1.18 bits per heavy atom. The van der Waals surface area contributed by atoms with Crippen LogP contribution in [0.2, 0.25) is 0 Å². The van der Waals surface area contributed by atoms with Gasteiger partial charge in [0.1, 0.15) is 0 Å². The Bertz CT molecular complexity index is 1000. The summed E-state index contributed by atoms with van der Waals surface area (Å²) in [7, 11) is 0. The number of carbonyl (C=O) groups excluding carboxylic acids is 2. The summed E-state index contributed by atoms with van der Waals surface area (Å²) in [6.45, 7) is 3.56. The van der Waals surface area contributed by atoms with Crippen molar-refractivity contribution in [2.75, 3.05) is 11.9 Å². The van der Waals surface area contributed by atoms with Gasteiger partial charge in [-0.15, -0.1) is 22.7 Å². The van der Waals surface area contributed by atoms with Gasteiger partial charge in [-0.1, -0.05) is 12.1 Å². The number of aromatic nitrogens is 1. The molecule has 0 saturated carbocycles. The average Bonchev–Trinajstić information content (AvgIpc) is 3.25. The molecule has 3 aromatic rings. The van der Waals surface area contributed by atoms with Crippen LogP contribution >= 0.6 is 22.7 Å². The van der Waals surface area contributed by atoms with Crippen molar-refractivity contribution in [2.45, 2.75) is 20.4 Å². The smallest absolute Gasteiger partial charge is 0.264 e. The Morgan fingerprint density at radius 2 is 1.96 bits per heavy atom. The van der Waals surface area contributed by atoms with E-state index in [1.54, 1.807) is 12.1 Å². The van der Waals surface area contributed by atoms with Gasteiger partial charge in [-0.3, -0.25) is 14.9 Å². The molecule has 1 aromatic carbocycles. The number of ether oxygens (including phenoxy) is 1. The van der Waals surface area contributed by atoms with Gasteiger partial charge >= 0.3 is 0 Å². The molecule has 9 heteroatoms. The third-order valence-electron chi connectivity index (χ3n) is 3.64. The third kappa shape index (κ3) is 5.14. The van der Waals surface area contributed by atoms with Crippen molar-refractivity contribution >= 4 is 39.6 Å². The molecule has 0 unspecified atom stereocenters. The van der Waals surface area contributed by atoms with Gasteiger partial charge in [0.05, 0.1) is 17.1 Å². The quantitative estimate of drug-likeness (QED) is 0.607. The maximum atomic E-state index is 13.5. The number of hydrogen-bond donors (Lipinski definition) is 2. The Balaban J connectivity index is 1.61. The standard InChI is InChI=1S/C19H18FN3O3S2/c1-11-18(16-8-7-13(28-16)9-21-12(2)24)23-19(27-11)22-17(25)10-26-15-6-4-3-5-14(15)20/h3-8H,9-10H2,1-2H3,(H,21,24)(H,22,23,25). The summed E-state index contributed by atoms with van der Waals surface area (Å²) in [5.41, 5.74) is 0.786. The molecule has 0 saturated heterocycles. The molecular formula is C19H18FN3O3S2. The number of carbonyl (C=O) groups is 2. The Labute approximate surface area is 169 Å². The number of hydrogen-bond acceptors (Lipinski definition) is 6. The molecule has 0 spiro atoms. The van der Waals surface area contributed by atoms with Crippen LogP contribution in [0.5, 0.6) is 5.75 Å². The number of nitrogens with zero attached hydrogens (tertiary/aromatic N) is 1. The predicted octanol–water partition coefficient (Wildman–Crippen LogP) is 3.97. The fraction of sp³-hybridized carbons (Fsp3) is 0.211. The van der Waals surface area contributed by atoms with Gasteiger partial charge in [0.15, 0.2) is 23.3 Å². The molecule has 146 valence electrons. The monoisotopic (exact) mass is 419 g/mol. The van der Waals surface area contributed by atoms with E-state index in [1.807, 2.05) is 19.1 Å². The summed E-state index contributed by atoms with van der Waals surface area (Å²) in [4.78, 5) is 30.5. The maximum Gasteiger partial charge on any atom is 0.264 e. The lowest BCUT2D eigenvalue weighted by molar-refractivity contribution is -0.119. The van der Waals surface area contributed by atoms with Gasteiger partial charge < -0.3 is 10.1 Å². The molecule has 0 radical (unpaired) electrons. The highest BCUT2D eigenvalue weighted by atomic mass is 32.1. The summed E-state index contributed by atoms with van der Waals surface area (Å²) in [5, 5.41) is 5.89. The first-order valence-corrected chi connectivity index (χ1v) is 10.0. The first-order chi connectivity index (χ1) is 13.4. The summed E-state index contributed by atoms with van der Waals surface area (Å²) in [6, 6.07) is 9.79. The second-order valence-corrected chi connectivity index (χ2v) is 8.24. The predicted molar refractivity (Wildman–Crippen MR) is 108 cm³/mol. The van der Waals surface area contributed by atoms with Crippen molar-refractivity contribution in [3.05, 3.63) is 52.0 Å². The van der Waals surface area contributed by atoms with Gasteiger partial charge in [0.2, 0.25) is 5.91 Å². The molecule has 6 nitrogen and oxygen atoms in total. The number of amides is 2. The zero-order valence-corrected chi connectivity index (χ0v) is 16.9. The molecule has 2 heterocycles. The van der Waals surface area contributed by atoms with Crippen LogP contribution in [0.15, 0.2) is 36.4 Å². The van der Waals surface area contributed by atoms with Crippen LogP contribution in [0.1, 0.15) is 16.7 Å². The fourth-order valence-electron chi connectivity index (χ4n) is 2.35. The van der Waals surface area contributed by atoms with Crippen LogP contribution in [0.3, 0.4) is 0 Å². The first-order valence-electron chi connectivity index (χ1n) is 8.40. The molecular weight excluding hydrogens is 401 g/mol. The number of anilines is 1. The number of rotatable bonds is 7. The van der Waals surface area contributed by atoms with Gasteiger partial charge in [0.25, 0.3) is 5.91 Å². The van der Waals surface area contributed by atoms with E-state index in [1.165, 1.54) is 41.7 Å². The van der Waals surface area contributed by atoms with Crippen LogP contribution in [0.4, 0.5) is 9.52 Å². The summed E-state index contributed by atoms with van der Waals surface area (Å²) >= 11 is 2.89. The van der Waals surface area contributed by atoms with E-state index >= 15 is 0 Å². The molecule has 2 amide bonds. The minimum atomic E-state index is -0.518. The number of nitrogens with one attached hydrogen (secondary N) is 2. The number of aryl methyl sites for hydroxylation is 1. The number of thiophene rings is 1. The SMILES string of the molecule is CC(=O)NCc1ccc(-c2nc(NC(=O)COc3ccccc3F)sc2C)s1. The lowest BCUT2D eigenvalue weighted by Gasteiger charge is -2.06. The molecule has 0 aliphatic carbocycles. The average molecular weight is 420 g/mol. The van der Waals surface area contributed by atoms with Crippen LogP contribution < -0.4 is 15.4 Å². The van der Waals surface area contributed by atoms with Crippen molar-refractivity contribution in [2.24, 2.45) is 0 Å². The van der Waals surface area contributed by atoms with Crippen LogP contribution in [-0.2, 0) is 16.1 Å². The van der Waals surface area contributed by atoms with Crippen molar-refractivity contribution in [1.82, 2.24) is 10.3 Å². The van der Waals surface area contributed by atoms with Crippen molar-refractivity contribution in [1.29, 1.82) is 0 Å². The fourth-order valence-corrected chi connectivity index (χ4v) is 4.25. The Kier molecular flexibility index (Phi) is 6.37. The highest BCUT2D eigenvalue weighted by Crippen LogP contribution is 2.34. The second kappa shape index (κ2) is 8.94. The van der Waals surface area contributed by atoms with Gasteiger partial charge in [-0.2, -0.15) is 0 Å². The number of benzene rings is 1. The molecule has 0 aliphatic heterocycles. The third-order valence-corrected chi connectivity index (χ3v) is 5.62. The van der Waals surface area contributed by atoms with E-state index in [0.717, 1.165) is 20.3 Å². The molecule has 0 fully saturated rings. The van der Waals surface area contributed by atoms with Gasteiger partial charge in [-0.05, 0) is 31.2 Å². The van der Waals surface area contributed by atoms with Crippen molar-refractivity contribution < 1.29 is 18.7 Å². The summed E-state index contributed by atoms with van der Waals surface area (Å²) < 4.78 is 18.7. The molecule has 0 bridgehead atoms. The zero-order valence-electron chi connectivity index (χ0n) is 15.2. The maximum absolute atomic E-state index is 13.5. The molecule has 3 rings (SSSR count). The molecule has 0 atom stereocenters. The number of thiazole rings is 1. The van der Waals surface area contributed by atoms with E-state index in [2.05, 4.69) is 15.6 Å². The highest BCUT2D eigenvalue weighted by Gasteiger charge is 2.15. The highest BCUT2D eigenvalue weighted by molar-refractivity contribution is 7.18. The minimum absolute atomic E-state index is 0.0268. The largest absolute Gasteiger partial charge is 0.481 e. The normalized spacial score (nSPS) is 10.5. The van der Waals surface area contributed by atoms with Gasteiger partial charge in [0, 0.05) is 16.7 Å². The Morgan fingerprint density at radius 3 is 2.71 bits per heavy atom. The van der Waals surface area contributed by atoms with E-state index in [-0.39, 0.29) is 18.3 Å². The molecule has 2 N–H and O–H groups in total. The van der Waals surface area contributed by atoms with Crippen LogP contribution in [0, 0.1) is 12.7 Å². The molecule has 2 aromatic heterocycles. The van der Waals surface area contributed by atoms with Crippen LogP contribution in [0.25, 0.3) is 10.6 Å². The Hall–Kier alpha value is -2.78. The van der Waals surface area contributed by atoms with Crippen molar-refractivity contribution in [3.63, 3.8) is 0 Å². The van der Waals surface area contributed by atoms with E-state index < -0.39 is 11.7 Å². The zero-order chi connectivity index (χ0) is 20.1. The van der Waals surface area contributed by atoms with E-state index in [0.29, 0.717) is 11.7 Å². The number of halogens is 1. The number of para-hydroxylation sites is 1. The van der Waals surface area contributed by atoms with E-state index in [4.69, 9.17) is 4.74 Å².